The highest BCUT2D eigenvalue weighted by Gasteiger charge is 2.36. The number of amides is 1. The third kappa shape index (κ3) is 3.59. The number of H-pyrrole nitrogens is 1. The highest BCUT2D eigenvalue weighted by atomic mass is 16.3. The van der Waals surface area contributed by atoms with Gasteiger partial charge >= 0.3 is 0 Å². The summed E-state index contributed by atoms with van der Waals surface area (Å²) in [7, 11) is 0. The molecule has 1 fully saturated rings. The normalized spacial score (nSPS) is 21.5. The third-order valence-electron chi connectivity index (χ3n) is 4.30. The van der Waals surface area contributed by atoms with E-state index in [0.717, 1.165) is 24.2 Å². The van der Waals surface area contributed by atoms with Crippen LogP contribution in [0.5, 0.6) is 0 Å². The summed E-state index contributed by atoms with van der Waals surface area (Å²) in [6, 6.07) is 7.26. The van der Waals surface area contributed by atoms with Crippen molar-refractivity contribution in [1.82, 2.24) is 20.5 Å². The SMILES string of the molecule is CCCc1cc(C(=O)N[C@@H](c2ccccn2)C2CC(O)C2)n[nH]1. The number of carbonyl (C=O) groups excluding carboxylic acids is 1. The summed E-state index contributed by atoms with van der Waals surface area (Å²) in [6.07, 6.45) is 4.69. The molecule has 2 aromatic rings. The maximum Gasteiger partial charge on any atom is 0.272 e. The number of aromatic nitrogens is 3. The molecule has 2 heterocycles. The van der Waals surface area contributed by atoms with E-state index in [2.05, 4.69) is 27.4 Å². The predicted molar refractivity (Wildman–Crippen MR) is 85.8 cm³/mol. The zero-order valence-electron chi connectivity index (χ0n) is 13.2. The Kier molecular flexibility index (Phi) is 4.71. The number of pyridine rings is 1. The molecular weight excluding hydrogens is 292 g/mol. The van der Waals surface area contributed by atoms with Crippen molar-refractivity contribution in [3.05, 3.63) is 47.5 Å². The zero-order chi connectivity index (χ0) is 16.2. The molecule has 0 bridgehead atoms. The Morgan fingerprint density at radius 2 is 2.30 bits per heavy atom. The van der Waals surface area contributed by atoms with Crippen LogP contribution < -0.4 is 5.32 Å². The number of aromatic amines is 1. The molecule has 3 N–H and O–H groups in total. The van der Waals surface area contributed by atoms with Crippen LogP contribution in [0, 0.1) is 5.92 Å². The number of carbonyl (C=O) groups is 1. The molecule has 1 amide bonds. The zero-order valence-corrected chi connectivity index (χ0v) is 13.2. The van der Waals surface area contributed by atoms with Gasteiger partial charge in [0.2, 0.25) is 0 Å². The fourth-order valence-electron chi connectivity index (χ4n) is 2.99. The van der Waals surface area contributed by atoms with Crippen LogP contribution in [0.4, 0.5) is 0 Å². The first kappa shape index (κ1) is 15.7. The Hall–Kier alpha value is -2.21. The van der Waals surface area contributed by atoms with Crippen LogP contribution in [0.3, 0.4) is 0 Å². The van der Waals surface area contributed by atoms with Crippen molar-refractivity contribution in [2.45, 2.75) is 44.8 Å². The van der Waals surface area contributed by atoms with Crippen LogP contribution in [0.2, 0.25) is 0 Å². The van der Waals surface area contributed by atoms with Crippen LogP contribution in [0.1, 0.15) is 54.1 Å². The van der Waals surface area contributed by atoms with E-state index in [0.29, 0.717) is 18.5 Å². The molecule has 6 heteroatoms. The molecule has 2 aromatic heterocycles. The first-order valence-electron chi connectivity index (χ1n) is 8.11. The van der Waals surface area contributed by atoms with Gasteiger partial charge in [-0.3, -0.25) is 14.9 Å². The van der Waals surface area contributed by atoms with Crippen LogP contribution in [-0.2, 0) is 6.42 Å². The maximum absolute atomic E-state index is 12.5. The minimum atomic E-state index is -0.273. The smallest absolute Gasteiger partial charge is 0.272 e. The lowest BCUT2D eigenvalue weighted by Crippen LogP contribution is -2.41. The summed E-state index contributed by atoms with van der Waals surface area (Å²) >= 11 is 0. The highest BCUT2D eigenvalue weighted by Crippen LogP contribution is 2.37. The van der Waals surface area contributed by atoms with Gasteiger partial charge in [-0.2, -0.15) is 5.10 Å². The summed E-state index contributed by atoms with van der Waals surface area (Å²) < 4.78 is 0. The van der Waals surface area contributed by atoms with Crippen molar-refractivity contribution in [1.29, 1.82) is 0 Å². The molecule has 1 aliphatic carbocycles. The lowest BCUT2D eigenvalue weighted by Gasteiger charge is -2.37. The molecule has 0 aromatic carbocycles. The molecule has 3 rings (SSSR count). The summed E-state index contributed by atoms with van der Waals surface area (Å²) in [5.41, 5.74) is 2.18. The number of aliphatic hydroxyl groups is 1. The summed E-state index contributed by atoms with van der Waals surface area (Å²) in [5, 5.41) is 19.6. The second kappa shape index (κ2) is 6.91. The quantitative estimate of drug-likeness (QED) is 0.760. The maximum atomic E-state index is 12.5. The second-order valence-corrected chi connectivity index (χ2v) is 6.12. The molecule has 1 aliphatic rings. The van der Waals surface area contributed by atoms with Crippen molar-refractivity contribution in [3.63, 3.8) is 0 Å². The molecular formula is C17H22N4O2. The summed E-state index contributed by atoms with van der Waals surface area (Å²) in [6.45, 7) is 2.08. The lowest BCUT2D eigenvalue weighted by atomic mass is 9.76. The van der Waals surface area contributed by atoms with Gasteiger partial charge in [0, 0.05) is 11.9 Å². The average Bonchev–Trinajstić information content (AvgIpc) is 3.00. The topological polar surface area (TPSA) is 90.9 Å². The Morgan fingerprint density at radius 1 is 1.48 bits per heavy atom. The molecule has 0 spiro atoms. The first-order chi connectivity index (χ1) is 11.2. The van der Waals surface area contributed by atoms with Gasteiger partial charge in [0.15, 0.2) is 0 Å². The van der Waals surface area contributed by atoms with E-state index < -0.39 is 0 Å². The van der Waals surface area contributed by atoms with Crippen LogP contribution in [0.15, 0.2) is 30.5 Å². The third-order valence-corrected chi connectivity index (χ3v) is 4.30. The number of hydrogen-bond acceptors (Lipinski definition) is 4. The van der Waals surface area contributed by atoms with E-state index >= 15 is 0 Å². The van der Waals surface area contributed by atoms with Crippen molar-refractivity contribution >= 4 is 5.91 Å². The van der Waals surface area contributed by atoms with Crippen LogP contribution in [-0.4, -0.2) is 32.3 Å². The molecule has 0 unspecified atom stereocenters. The van der Waals surface area contributed by atoms with Crippen LogP contribution >= 0.6 is 0 Å². The Balaban J connectivity index is 1.73. The van der Waals surface area contributed by atoms with Gasteiger partial charge in [-0.15, -0.1) is 0 Å². The standard InChI is InChI=1S/C17H22N4O2/c1-2-5-12-10-15(21-20-12)17(23)19-16(11-8-13(22)9-11)14-6-3-4-7-18-14/h3-4,6-7,10-11,13,16,22H,2,5,8-9H2,1H3,(H,19,23)(H,20,21)/t11?,13?,16-/m1/s1. The number of aliphatic hydroxyl groups excluding tert-OH is 1. The Morgan fingerprint density at radius 3 is 2.96 bits per heavy atom. The van der Waals surface area contributed by atoms with Gasteiger partial charge in [-0.05, 0) is 43.4 Å². The number of hydrogen-bond donors (Lipinski definition) is 3. The minimum absolute atomic E-state index is 0.196. The van der Waals surface area contributed by atoms with Crippen molar-refractivity contribution in [2.24, 2.45) is 5.92 Å². The van der Waals surface area contributed by atoms with Gasteiger partial charge in [0.1, 0.15) is 5.69 Å². The lowest BCUT2D eigenvalue weighted by molar-refractivity contribution is 0.0227. The van der Waals surface area contributed by atoms with E-state index in [-0.39, 0.29) is 24.0 Å². The largest absolute Gasteiger partial charge is 0.393 e. The minimum Gasteiger partial charge on any atom is -0.393 e. The highest BCUT2D eigenvalue weighted by molar-refractivity contribution is 5.92. The van der Waals surface area contributed by atoms with E-state index in [1.54, 1.807) is 12.3 Å². The van der Waals surface area contributed by atoms with E-state index in [1.807, 2.05) is 18.2 Å². The van der Waals surface area contributed by atoms with E-state index in [4.69, 9.17) is 0 Å². The van der Waals surface area contributed by atoms with Gasteiger partial charge in [0.25, 0.3) is 5.91 Å². The van der Waals surface area contributed by atoms with Crippen LogP contribution in [0.25, 0.3) is 0 Å². The van der Waals surface area contributed by atoms with E-state index in [1.165, 1.54) is 0 Å². The van der Waals surface area contributed by atoms with Crippen molar-refractivity contribution < 1.29 is 9.90 Å². The molecule has 0 aliphatic heterocycles. The number of nitrogens with zero attached hydrogens (tertiary/aromatic N) is 2. The monoisotopic (exact) mass is 314 g/mol. The van der Waals surface area contributed by atoms with E-state index in [9.17, 15) is 9.90 Å². The fourth-order valence-corrected chi connectivity index (χ4v) is 2.99. The molecule has 0 radical (unpaired) electrons. The molecule has 1 saturated carbocycles. The average molecular weight is 314 g/mol. The molecule has 0 saturated heterocycles. The second-order valence-electron chi connectivity index (χ2n) is 6.12. The van der Waals surface area contributed by atoms with Gasteiger partial charge in [-0.25, -0.2) is 0 Å². The first-order valence-corrected chi connectivity index (χ1v) is 8.11. The van der Waals surface area contributed by atoms with Gasteiger partial charge in [0.05, 0.1) is 17.8 Å². The predicted octanol–water partition coefficient (Wildman–Crippen LogP) is 2.00. The molecule has 1 atom stereocenters. The van der Waals surface area contributed by atoms with Crippen molar-refractivity contribution in [2.75, 3.05) is 0 Å². The molecule has 23 heavy (non-hydrogen) atoms. The number of rotatable bonds is 6. The Bertz CT molecular complexity index is 650. The molecule has 6 nitrogen and oxygen atoms in total. The summed E-state index contributed by atoms with van der Waals surface area (Å²) in [5.74, 6) is -0.00134. The van der Waals surface area contributed by atoms with Crippen molar-refractivity contribution in [3.8, 4) is 0 Å². The number of nitrogens with one attached hydrogen (secondary N) is 2. The number of aryl methyl sites for hydroxylation is 1. The Labute approximate surface area is 135 Å². The molecule has 122 valence electrons. The van der Waals surface area contributed by atoms with Gasteiger partial charge in [-0.1, -0.05) is 19.4 Å². The fraction of sp³-hybridized carbons (Fsp3) is 0.471. The van der Waals surface area contributed by atoms with Gasteiger partial charge < -0.3 is 10.4 Å². The summed E-state index contributed by atoms with van der Waals surface area (Å²) in [4.78, 5) is 16.9.